The molecule has 2 aromatic rings. The molecule has 3 rings (SSSR count). The number of anilines is 1. The second kappa shape index (κ2) is 7.20. The third-order valence-electron chi connectivity index (χ3n) is 3.69. The van der Waals surface area contributed by atoms with Crippen LogP contribution in [0.15, 0.2) is 45.5 Å². The van der Waals surface area contributed by atoms with Crippen molar-refractivity contribution >= 4 is 49.3 Å². The van der Waals surface area contributed by atoms with Crippen molar-refractivity contribution in [3.8, 4) is 5.75 Å². The van der Waals surface area contributed by atoms with Crippen LogP contribution in [-0.2, 0) is 0 Å². The molecule has 0 N–H and O–H groups in total. The number of aromatic nitrogens is 1. The molecule has 1 fully saturated rings. The molecule has 0 amide bonds. The fraction of sp³-hybridized carbons (Fsp3) is 0.312. The summed E-state index contributed by atoms with van der Waals surface area (Å²) in [4.78, 5) is 6.71. The number of pyridine rings is 1. The molecule has 22 heavy (non-hydrogen) atoms. The molecule has 0 saturated carbocycles. The maximum absolute atomic E-state index is 6.33. The summed E-state index contributed by atoms with van der Waals surface area (Å²) in [5.74, 6) is 1.72. The maximum atomic E-state index is 6.33. The molecule has 1 aromatic heterocycles. The molecular formula is C16H15Br2ClN2O. The van der Waals surface area contributed by atoms with Crippen molar-refractivity contribution in [2.45, 2.75) is 18.9 Å². The fourth-order valence-corrected chi connectivity index (χ4v) is 3.63. The Hall–Kier alpha value is -0.780. The summed E-state index contributed by atoms with van der Waals surface area (Å²) >= 11 is 13.1. The first kappa shape index (κ1) is 16.1. The summed E-state index contributed by atoms with van der Waals surface area (Å²) in [6.45, 7) is 1.60. The lowest BCUT2D eigenvalue weighted by atomic mass is 10.2. The Balaban J connectivity index is 1.69. The first-order valence-corrected chi connectivity index (χ1v) is 9.06. The quantitative estimate of drug-likeness (QED) is 0.637. The van der Waals surface area contributed by atoms with Gasteiger partial charge in [0.2, 0.25) is 0 Å². The van der Waals surface area contributed by atoms with E-state index in [0.717, 1.165) is 39.9 Å². The largest absolute Gasteiger partial charge is 0.491 e. The van der Waals surface area contributed by atoms with Crippen LogP contribution in [0, 0.1) is 0 Å². The van der Waals surface area contributed by atoms with Crippen molar-refractivity contribution in [1.29, 1.82) is 0 Å². The average molecular weight is 447 g/mol. The molecule has 116 valence electrons. The topological polar surface area (TPSA) is 25.4 Å². The highest BCUT2D eigenvalue weighted by molar-refractivity contribution is 9.10. The molecule has 1 atom stereocenters. The predicted molar refractivity (Wildman–Crippen MR) is 97.0 cm³/mol. The Labute approximate surface area is 151 Å². The van der Waals surface area contributed by atoms with Gasteiger partial charge in [-0.1, -0.05) is 27.5 Å². The summed E-state index contributed by atoms with van der Waals surface area (Å²) in [6.07, 6.45) is 4.00. The first-order valence-electron chi connectivity index (χ1n) is 7.09. The van der Waals surface area contributed by atoms with Gasteiger partial charge in [-0.05, 0) is 59.1 Å². The van der Waals surface area contributed by atoms with Gasteiger partial charge in [0.25, 0.3) is 0 Å². The zero-order valence-corrected chi connectivity index (χ0v) is 15.7. The third kappa shape index (κ3) is 3.76. The van der Waals surface area contributed by atoms with Crippen LogP contribution in [0.5, 0.6) is 5.75 Å². The van der Waals surface area contributed by atoms with E-state index in [0.29, 0.717) is 17.7 Å². The van der Waals surface area contributed by atoms with Gasteiger partial charge in [0.1, 0.15) is 18.2 Å². The molecule has 6 heteroatoms. The minimum atomic E-state index is 0.301. The van der Waals surface area contributed by atoms with Crippen molar-refractivity contribution < 1.29 is 4.74 Å². The lowest BCUT2D eigenvalue weighted by Crippen LogP contribution is -2.35. The standard InChI is InChI=1S/C16H15Br2ClN2O/c17-11-3-5-14(6-4-11)22-10-13-2-1-7-21(13)16-15(19)8-12(18)9-20-16/h3-6,8-9,13H,1-2,7,10H2/t13-/m0/s1. The van der Waals surface area contributed by atoms with Crippen LogP contribution in [-0.4, -0.2) is 24.2 Å². The van der Waals surface area contributed by atoms with Gasteiger partial charge in [-0.2, -0.15) is 0 Å². The summed E-state index contributed by atoms with van der Waals surface area (Å²) < 4.78 is 7.86. The summed E-state index contributed by atoms with van der Waals surface area (Å²) in [5.41, 5.74) is 0. The van der Waals surface area contributed by atoms with Crippen molar-refractivity contribution in [2.24, 2.45) is 0 Å². The fourth-order valence-electron chi connectivity index (χ4n) is 2.63. The van der Waals surface area contributed by atoms with E-state index < -0.39 is 0 Å². The molecule has 0 spiro atoms. The summed E-state index contributed by atoms with van der Waals surface area (Å²) in [7, 11) is 0. The van der Waals surface area contributed by atoms with E-state index in [-0.39, 0.29) is 0 Å². The molecule has 2 heterocycles. The molecule has 1 saturated heterocycles. The Morgan fingerprint density at radius 2 is 2.00 bits per heavy atom. The van der Waals surface area contributed by atoms with Crippen LogP contribution in [0.1, 0.15) is 12.8 Å². The maximum Gasteiger partial charge on any atom is 0.147 e. The SMILES string of the molecule is Clc1cc(Br)cnc1N1CCC[C@H]1COc1ccc(Br)cc1. The highest BCUT2D eigenvalue weighted by Crippen LogP contribution is 2.32. The van der Waals surface area contributed by atoms with E-state index in [1.165, 1.54) is 0 Å². The van der Waals surface area contributed by atoms with Crippen molar-refractivity contribution in [2.75, 3.05) is 18.1 Å². The van der Waals surface area contributed by atoms with E-state index in [1.807, 2.05) is 30.3 Å². The van der Waals surface area contributed by atoms with Gasteiger partial charge in [-0.3, -0.25) is 0 Å². The summed E-state index contributed by atoms with van der Waals surface area (Å²) in [5, 5.41) is 0.671. The van der Waals surface area contributed by atoms with E-state index in [2.05, 4.69) is 41.7 Å². The summed E-state index contributed by atoms with van der Waals surface area (Å²) in [6, 6.07) is 10.1. The van der Waals surface area contributed by atoms with E-state index in [4.69, 9.17) is 16.3 Å². The smallest absolute Gasteiger partial charge is 0.147 e. The number of hydrogen-bond donors (Lipinski definition) is 0. The third-order valence-corrected chi connectivity index (χ3v) is 4.93. The number of benzene rings is 1. The minimum Gasteiger partial charge on any atom is -0.491 e. The molecule has 0 radical (unpaired) electrons. The second-order valence-electron chi connectivity index (χ2n) is 5.21. The highest BCUT2D eigenvalue weighted by atomic mass is 79.9. The van der Waals surface area contributed by atoms with E-state index >= 15 is 0 Å². The number of hydrogen-bond acceptors (Lipinski definition) is 3. The van der Waals surface area contributed by atoms with Crippen LogP contribution in [0.4, 0.5) is 5.82 Å². The average Bonchev–Trinajstić information content (AvgIpc) is 2.95. The molecule has 0 aliphatic carbocycles. The molecule has 1 aliphatic rings. The number of nitrogens with zero attached hydrogens (tertiary/aromatic N) is 2. The normalized spacial score (nSPS) is 17.8. The lowest BCUT2D eigenvalue weighted by Gasteiger charge is -2.26. The molecule has 3 nitrogen and oxygen atoms in total. The zero-order valence-electron chi connectivity index (χ0n) is 11.8. The van der Waals surface area contributed by atoms with Crippen LogP contribution in [0.3, 0.4) is 0 Å². The minimum absolute atomic E-state index is 0.301. The molecule has 1 aliphatic heterocycles. The van der Waals surface area contributed by atoms with Gasteiger partial charge in [0, 0.05) is 21.7 Å². The first-order chi connectivity index (χ1) is 10.6. The Morgan fingerprint density at radius 3 is 2.73 bits per heavy atom. The monoisotopic (exact) mass is 444 g/mol. The van der Waals surface area contributed by atoms with Gasteiger partial charge in [-0.25, -0.2) is 4.98 Å². The number of rotatable bonds is 4. The van der Waals surface area contributed by atoms with Gasteiger partial charge in [0.05, 0.1) is 11.1 Å². The van der Waals surface area contributed by atoms with E-state index in [1.54, 1.807) is 6.20 Å². The van der Waals surface area contributed by atoms with Crippen molar-refractivity contribution in [3.05, 3.63) is 50.5 Å². The van der Waals surface area contributed by atoms with Crippen LogP contribution in [0.25, 0.3) is 0 Å². The number of halogens is 3. The second-order valence-corrected chi connectivity index (χ2v) is 7.45. The van der Waals surface area contributed by atoms with Crippen LogP contribution >= 0.6 is 43.5 Å². The van der Waals surface area contributed by atoms with E-state index in [9.17, 15) is 0 Å². The zero-order chi connectivity index (χ0) is 15.5. The molecule has 1 aromatic carbocycles. The Bertz CT molecular complexity index is 651. The molecule has 0 bridgehead atoms. The van der Waals surface area contributed by atoms with Crippen molar-refractivity contribution in [3.63, 3.8) is 0 Å². The van der Waals surface area contributed by atoms with Gasteiger partial charge >= 0.3 is 0 Å². The Morgan fingerprint density at radius 1 is 1.23 bits per heavy atom. The van der Waals surface area contributed by atoms with Gasteiger partial charge < -0.3 is 9.64 Å². The lowest BCUT2D eigenvalue weighted by molar-refractivity contribution is 0.288. The molecular weight excluding hydrogens is 431 g/mol. The van der Waals surface area contributed by atoms with Crippen LogP contribution in [0.2, 0.25) is 5.02 Å². The van der Waals surface area contributed by atoms with Crippen molar-refractivity contribution in [1.82, 2.24) is 4.98 Å². The Kier molecular flexibility index (Phi) is 5.26. The highest BCUT2D eigenvalue weighted by Gasteiger charge is 2.27. The van der Waals surface area contributed by atoms with Gasteiger partial charge in [-0.15, -0.1) is 0 Å². The van der Waals surface area contributed by atoms with Gasteiger partial charge in [0.15, 0.2) is 0 Å². The number of ether oxygens (including phenoxy) is 1. The van der Waals surface area contributed by atoms with Crippen LogP contribution < -0.4 is 9.64 Å². The molecule has 0 unspecified atom stereocenters. The predicted octanol–water partition coefficient (Wildman–Crippen LogP) is 5.31.